The van der Waals surface area contributed by atoms with Crippen molar-refractivity contribution in [2.75, 3.05) is 25.1 Å². The molecule has 2 N–H and O–H groups in total. The Morgan fingerprint density at radius 1 is 1.44 bits per heavy atom. The topological polar surface area (TPSA) is 84.6 Å². The number of nitro groups is 1. The second-order valence-electron chi connectivity index (χ2n) is 4.40. The summed E-state index contributed by atoms with van der Waals surface area (Å²) in [5.74, 6) is 0.482. The van der Waals surface area contributed by atoms with E-state index in [1.807, 2.05) is 0 Å². The molecule has 1 saturated heterocycles. The average molecular weight is 252 g/mol. The van der Waals surface area contributed by atoms with E-state index in [9.17, 15) is 15.2 Å². The Hall–Kier alpha value is -1.82. The maximum absolute atomic E-state index is 10.8. The molecule has 1 aromatic rings. The zero-order valence-electron chi connectivity index (χ0n) is 9.96. The van der Waals surface area contributed by atoms with Crippen LogP contribution in [0, 0.1) is 16.0 Å². The number of nitrogens with zero attached hydrogens (tertiary/aromatic N) is 1. The van der Waals surface area contributed by atoms with Crippen LogP contribution < -0.4 is 5.32 Å². The zero-order valence-corrected chi connectivity index (χ0v) is 9.96. The third-order valence-corrected chi connectivity index (χ3v) is 3.10. The molecular formula is C12H16N2O4. The van der Waals surface area contributed by atoms with Gasteiger partial charge in [-0.3, -0.25) is 10.1 Å². The van der Waals surface area contributed by atoms with Crippen LogP contribution in [0.3, 0.4) is 0 Å². The molecule has 1 fully saturated rings. The summed E-state index contributed by atoms with van der Waals surface area (Å²) < 4.78 is 5.26. The van der Waals surface area contributed by atoms with Crippen molar-refractivity contribution in [2.24, 2.45) is 5.92 Å². The second-order valence-corrected chi connectivity index (χ2v) is 4.40. The Morgan fingerprint density at radius 3 is 2.83 bits per heavy atom. The summed E-state index contributed by atoms with van der Waals surface area (Å²) in [7, 11) is 0. The van der Waals surface area contributed by atoms with Crippen LogP contribution in [-0.2, 0) is 4.74 Å². The van der Waals surface area contributed by atoms with Crippen molar-refractivity contribution < 1.29 is 14.8 Å². The fraction of sp³-hybridized carbons (Fsp3) is 0.500. The molecule has 6 heteroatoms. The van der Waals surface area contributed by atoms with Crippen molar-refractivity contribution in [2.45, 2.75) is 12.8 Å². The Bertz CT molecular complexity index is 430. The molecule has 0 atom stereocenters. The molecule has 0 amide bonds. The van der Waals surface area contributed by atoms with Gasteiger partial charge in [-0.15, -0.1) is 0 Å². The lowest BCUT2D eigenvalue weighted by Gasteiger charge is -2.22. The number of benzene rings is 1. The monoisotopic (exact) mass is 252 g/mol. The molecule has 0 aromatic heterocycles. The van der Waals surface area contributed by atoms with Gasteiger partial charge in [-0.05, 0) is 24.8 Å². The predicted molar refractivity (Wildman–Crippen MR) is 66.8 cm³/mol. The second kappa shape index (κ2) is 5.68. The van der Waals surface area contributed by atoms with Gasteiger partial charge in [0, 0.05) is 31.9 Å². The summed E-state index contributed by atoms with van der Waals surface area (Å²) in [5, 5.41) is 23.3. The highest BCUT2D eigenvalue weighted by molar-refractivity contribution is 5.63. The third-order valence-electron chi connectivity index (χ3n) is 3.10. The molecule has 0 aliphatic carbocycles. The van der Waals surface area contributed by atoms with Gasteiger partial charge in [-0.25, -0.2) is 0 Å². The number of anilines is 1. The summed E-state index contributed by atoms with van der Waals surface area (Å²) in [6.07, 6.45) is 1.92. The highest BCUT2D eigenvalue weighted by Gasteiger charge is 2.17. The lowest BCUT2D eigenvalue weighted by molar-refractivity contribution is -0.384. The van der Waals surface area contributed by atoms with Crippen molar-refractivity contribution in [1.29, 1.82) is 0 Å². The van der Waals surface area contributed by atoms with E-state index >= 15 is 0 Å². The molecule has 18 heavy (non-hydrogen) atoms. The number of phenolic OH excluding ortho intramolecular Hbond substituents is 1. The molecule has 98 valence electrons. The Kier molecular flexibility index (Phi) is 3.99. The fourth-order valence-electron chi connectivity index (χ4n) is 2.03. The average Bonchev–Trinajstić information content (AvgIpc) is 2.37. The molecule has 2 rings (SSSR count). The smallest absolute Gasteiger partial charge is 0.292 e. The van der Waals surface area contributed by atoms with Crippen molar-refractivity contribution in [3.05, 3.63) is 28.3 Å². The number of ether oxygens (including phenoxy) is 1. The van der Waals surface area contributed by atoms with Gasteiger partial charge in [0.25, 0.3) is 5.69 Å². The zero-order chi connectivity index (χ0) is 13.0. The molecule has 0 saturated carbocycles. The molecule has 1 aliphatic heterocycles. The van der Waals surface area contributed by atoms with Crippen molar-refractivity contribution in [3.63, 3.8) is 0 Å². The number of phenols is 1. The lowest BCUT2D eigenvalue weighted by Crippen LogP contribution is -2.22. The fourth-order valence-corrected chi connectivity index (χ4v) is 2.03. The minimum absolute atomic E-state index is 0.0140. The standard InChI is InChI=1S/C12H16N2O4/c15-10-1-2-12(14(16)17)11(7-10)13-8-9-3-5-18-6-4-9/h1-2,7,9,13,15H,3-6,8H2. The normalized spacial score (nSPS) is 16.4. The number of nitro benzene ring substituents is 1. The Balaban J connectivity index is 2.03. The molecule has 0 bridgehead atoms. The predicted octanol–water partition coefficient (Wildman–Crippen LogP) is 2.14. The lowest BCUT2D eigenvalue weighted by atomic mass is 10.0. The first-order valence-electron chi connectivity index (χ1n) is 5.96. The van der Waals surface area contributed by atoms with E-state index in [0.29, 0.717) is 18.2 Å². The van der Waals surface area contributed by atoms with Gasteiger partial charge in [-0.1, -0.05) is 0 Å². The largest absolute Gasteiger partial charge is 0.508 e. The molecule has 1 aliphatic rings. The Morgan fingerprint density at radius 2 is 2.17 bits per heavy atom. The highest BCUT2D eigenvalue weighted by atomic mass is 16.6. The van der Waals surface area contributed by atoms with Gasteiger partial charge in [0.15, 0.2) is 0 Å². The minimum atomic E-state index is -0.453. The van der Waals surface area contributed by atoms with Crippen LogP contribution in [0.2, 0.25) is 0 Å². The van der Waals surface area contributed by atoms with Crippen molar-refractivity contribution >= 4 is 11.4 Å². The summed E-state index contributed by atoms with van der Waals surface area (Å²) in [6.45, 7) is 2.15. The molecule has 6 nitrogen and oxygen atoms in total. The van der Waals surface area contributed by atoms with Crippen LogP contribution in [0.4, 0.5) is 11.4 Å². The van der Waals surface area contributed by atoms with E-state index < -0.39 is 4.92 Å². The maximum Gasteiger partial charge on any atom is 0.292 e. The molecule has 0 spiro atoms. The van der Waals surface area contributed by atoms with Gasteiger partial charge in [0.2, 0.25) is 0 Å². The van der Waals surface area contributed by atoms with Gasteiger partial charge < -0.3 is 15.2 Å². The van der Waals surface area contributed by atoms with Gasteiger partial charge in [0.1, 0.15) is 11.4 Å². The first kappa shape index (κ1) is 12.6. The summed E-state index contributed by atoms with van der Waals surface area (Å²) >= 11 is 0. The van der Waals surface area contributed by atoms with Crippen LogP contribution in [0.25, 0.3) is 0 Å². The van der Waals surface area contributed by atoms with Crippen LogP contribution in [0.1, 0.15) is 12.8 Å². The first-order chi connectivity index (χ1) is 8.66. The number of hydrogen-bond acceptors (Lipinski definition) is 5. The van der Waals surface area contributed by atoms with E-state index in [-0.39, 0.29) is 11.4 Å². The highest BCUT2D eigenvalue weighted by Crippen LogP contribution is 2.29. The number of nitrogens with one attached hydrogen (secondary N) is 1. The minimum Gasteiger partial charge on any atom is -0.508 e. The first-order valence-corrected chi connectivity index (χ1v) is 5.96. The SMILES string of the molecule is O=[N+]([O-])c1ccc(O)cc1NCC1CCOCC1. The van der Waals surface area contributed by atoms with Crippen LogP contribution >= 0.6 is 0 Å². The van der Waals surface area contributed by atoms with E-state index in [1.165, 1.54) is 18.2 Å². The summed E-state index contributed by atoms with van der Waals surface area (Å²) in [6, 6.07) is 4.01. The van der Waals surface area contributed by atoms with Crippen LogP contribution in [0.15, 0.2) is 18.2 Å². The number of rotatable bonds is 4. The Labute approximate surface area is 105 Å². The summed E-state index contributed by atoms with van der Waals surface area (Å²) in [4.78, 5) is 10.4. The van der Waals surface area contributed by atoms with Crippen LogP contribution in [-0.4, -0.2) is 29.8 Å². The van der Waals surface area contributed by atoms with Gasteiger partial charge >= 0.3 is 0 Å². The van der Waals surface area contributed by atoms with Crippen molar-refractivity contribution in [3.8, 4) is 5.75 Å². The third kappa shape index (κ3) is 3.10. The summed E-state index contributed by atoms with van der Waals surface area (Å²) in [5.41, 5.74) is 0.353. The molecule has 0 radical (unpaired) electrons. The van der Waals surface area contributed by atoms with E-state index in [2.05, 4.69) is 5.32 Å². The van der Waals surface area contributed by atoms with Gasteiger partial charge in [0.05, 0.1) is 4.92 Å². The quantitative estimate of drug-likeness (QED) is 0.633. The van der Waals surface area contributed by atoms with Crippen LogP contribution in [0.5, 0.6) is 5.75 Å². The van der Waals surface area contributed by atoms with E-state index in [4.69, 9.17) is 4.74 Å². The number of aromatic hydroxyl groups is 1. The molecule has 1 heterocycles. The molecule has 1 aromatic carbocycles. The molecular weight excluding hydrogens is 236 g/mol. The van der Waals surface area contributed by atoms with Gasteiger partial charge in [-0.2, -0.15) is 0 Å². The maximum atomic E-state index is 10.8. The van der Waals surface area contributed by atoms with Crippen molar-refractivity contribution in [1.82, 2.24) is 0 Å². The molecule has 0 unspecified atom stereocenters. The van der Waals surface area contributed by atoms with E-state index in [0.717, 1.165) is 26.1 Å². The van der Waals surface area contributed by atoms with E-state index in [1.54, 1.807) is 0 Å². The number of hydrogen-bond donors (Lipinski definition) is 2.